The van der Waals surface area contributed by atoms with Crippen molar-refractivity contribution in [1.82, 2.24) is 15.1 Å². The molecule has 1 N–H and O–H groups in total. The monoisotopic (exact) mass is 677 g/mol. The number of benzene rings is 3. The standard InChI is InChI=1S/C40H48N6O4/c1-28-12-6-19-37(29(28)2)50-23-11-20-38(47)44-21-9-16-34-33(15-8-18-36(34)44)31-25-41-43(27-31)26-30-13-7-14-32(24-30)45-39(48)35(42-40(45)49)17-10-22-46(3,4)5/h6-8,12-15,18-19,24-25,27,35H,9-11,16-17,20-23,26H2,1-5H3/p+1. The van der Waals surface area contributed by atoms with Crippen LogP contribution >= 0.6 is 0 Å². The second-order valence-corrected chi connectivity index (χ2v) is 14.5. The molecule has 0 bridgehead atoms. The summed E-state index contributed by atoms with van der Waals surface area (Å²) in [7, 11) is 6.35. The van der Waals surface area contributed by atoms with E-state index in [9.17, 15) is 14.4 Å². The van der Waals surface area contributed by atoms with Crippen molar-refractivity contribution in [1.29, 1.82) is 0 Å². The van der Waals surface area contributed by atoms with Gasteiger partial charge in [-0.25, -0.2) is 9.69 Å². The number of hydrogen-bond acceptors (Lipinski definition) is 5. The smallest absolute Gasteiger partial charge is 0.329 e. The Morgan fingerprint density at radius 3 is 2.64 bits per heavy atom. The normalized spacial score (nSPS) is 16.1. The molecular weight excluding hydrogens is 628 g/mol. The number of anilines is 2. The van der Waals surface area contributed by atoms with Gasteiger partial charge in [-0.3, -0.25) is 14.3 Å². The molecule has 0 radical (unpaired) electrons. The lowest BCUT2D eigenvalue weighted by molar-refractivity contribution is -0.870. The van der Waals surface area contributed by atoms with Crippen LogP contribution in [0.2, 0.25) is 0 Å². The number of quaternary nitrogens is 1. The molecule has 0 spiro atoms. The summed E-state index contributed by atoms with van der Waals surface area (Å²) in [5.74, 6) is 0.786. The van der Waals surface area contributed by atoms with Crippen LogP contribution in [-0.2, 0) is 22.6 Å². The fourth-order valence-electron chi connectivity index (χ4n) is 6.89. The molecule has 262 valence electrons. The lowest BCUT2D eigenvalue weighted by Gasteiger charge is -2.31. The molecule has 1 unspecified atom stereocenters. The van der Waals surface area contributed by atoms with Crippen molar-refractivity contribution < 1.29 is 23.6 Å². The third kappa shape index (κ3) is 7.91. The first-order valence-corrected chi connectivity index (χ1v) is 17.7. The lowest BCUT2D eigenvalue weighted by atomic mass is 9.93. The average molecular weight is 678 g/mol. The number of carbonyl (C=O) groups excluding carboxylic acids is 3. The summed E-state index contributed by atoms with van der Waals surface area (Å²) in [6.07, 6.45) is 8.21. The minimum atomic E-state index is -0.503. The number of rotatable bonds is 13. The van der Waals surface area contributed by atoms with E-state index in [1.54, 1.807) is 6.07 Å². The van der Waals surface area contributed by atoms with Gasteiger partial charge in [0.2, 0.25) is 5.91 Å². The number of nitrogens with zero attached hydrogens (tertiary/aromatic N) is 5. The van der Waals surface area contributed by atoms with Crippen molar-refractivity contribution in [3.8, 4) is 16.9 Å². The maximum absolute atomic E-state index is 13.4. The summed E-state index contributed by atoms with van der Waals surface area (Å²) in [5, 5.41) is 7.53. The fourth-order valence-corrected chi connectivity index (χ4v) is 6.89. The van der Waals surface area contributed by atoms with E-state index in [1.807, 2.05) is 64.4 Å². The highest BCUT2D eigenvalue weighted by molar-refractivity contribution is 6.21. The molecule has 4 amide bonds. The van der Waals surface area contributed by atoms with E-state index in [0.717, 1.165) is 69.5 Å². The van der Waals surface area contributed by atoms with Crippen molar-refractivity contribution in [2.75, 3.05) is 50.6 Å². The van der Waals surface area contributed by atoms with Gasteiger partial charge in [-0.15, -0.1) is 0 Å². The number of amides is 4. The minimum Gasteiger partial charge on any atom is -0.493 e. The van der Waals surface area contributed by atoms with Crippen LogP contribution < -0.4 is 19.9 Å². The van der Waals surface area contributed by atoms with E-state index in [4.69, 9.17) is 4.74 Å². The Balaban J connectivity index is 1.09. The number of fused-ring (bicyclic) bond motifs is 1. The Bertz CT molecular complexity index is 1880. The van der Waals surface area contributed by atoms with E-state index in [0.29, 0.717) is 44.6 Å². The number of imide groups is 1. The highest BCUT2D eigenvalue weighted by atomic mass is 16.5. The summed E-state index contributed by atoms with van der Waals surface area (Å²) in [6.45, 7) is 6.74. The molecule has 2 aliphatic rings. The van der Waals surface area contributed by atoms with Crippen LogP contribution in [0.15, 0.2) is 73.1 Å². The Kier molecular flexibility index (Phi) is 10.4. The molecule has 4 aromatic rings. The van der Waals surface area contributed by atoms with Crippen LogP contribution in [0.5, 0.6) is 5.75 Å². The summed E-state index contributed by atoms with van der Waals surface area (Å²) in [5.41, 5.74) is 8.02. The second-order valence-electron chi connectivity index (χ2n) is 14.5. The number of carbonyl (C=O) groups is 3. The molecule has 6 rings (SSSR count). The lowest BCUT2D eigenvalue weighted by Crippen LogP contribution is -2.37. The van der Waals surface area contributed by atoms with Crippen LogP contribution in [0.1, 0.15) is 54.4 Å². The van der Waals surface area contributed by atoms with Crippen LogP contribution in [0, 0.1) is 13.8 Å². The quantitative estimate of drug-likeness (QED) is 0.102. The van der Waals surface area contributed by atoms with Gasteiger partial charge in [0.25, 0.3) is 5.91 Å². The highest BCUT2D eigenvalue weighted by Crippen LogP contribution is 2.36. The van der Waals surface area contributed by atoms with Crippen LogP contribution in [0.25, 0.3) is 11.1 Å². The van der Waals surface area contributed by atoms with Gasteiger partial charge in [-0.1, -0.05) is 36.4 Å². The van der Waals surface area contributed by atoms with Gasteiger partial charge in [0.1, 0.15) is 11.8 Å². The molecule has 10 nitrogen and oxygen atoms in total. The zero-order valence-corrected chi connectivity index (χ0v) is 29.9. The van der Waals surface area contributed by atoms with Gasteiger partial charge in [-0.05, 0) is 98.0 Å². The maximum Gasteiger partial charge on any atom is 0.329 e. The third-order valence-corrected chi connectivity index (χ3v) is 9.70. The molecule has 3 aromatic carbocycles. The molecular formula is C40H49N6O4+. The van der Waals surface area contributed by atoms with E-state index < -0.39 is 6.04 Å². The molecule has 50 heavy (non-hydrogen) atoms. The largest absolute Gasteiger partial charge is 0.493 e. The summed E-state index contributed by atoms with van der Waals surface area (Å²) in [4.78, 5) is 42.7. The zero-order valence-electron chi connectivity index (χ0n) is 29.9. The molecule has 0 aliphatic carbocycles. The predicted octanol–water partition coefficient (Wildman–Crippen LogP) is 6.26. The van der Waals surface area contributed by atoms with Crippen molar-refractivity contribution in [3.05, 3.63) is 95.3 Å². The molecule has 1 atom stereocenters. The molecule has 0 saturated carbocycles. The van der Waals surface area contributed by atoms with Crippen LogP contribution in [0.3, 0.4) is 0 Å². The van der Waals surface area contributed by atoms with Gasteiger partial charge in [0.15, 0.2) is 0 Å². The molecule has 3 heterocycles. The Morgan fingerprint density at radius 1 is 1.02 bits per heavy atom. The molecule has 2 aliphatic heterocycles. The summed E-state index contributed by atoms with van der Waals surface area (Å²) >= 11 is 0. The van der Waals surface area contributed by atoms with Crippen molar-refractivity contribution in [3.63, 3.8) is 0 Å². The summed E-state index contributed by atoms with van der Waals surface area (Å²) in [6, 6.07) is 18.8. The van der Waals surface area contributed by atoms with E-state index in [-0.39, 0.29) is 17.8 Å². The number of aryl methyl sites for hydroxylation is 1. The summed E-state index contributed by atoms with van der Waals surface area (Å²) < 4.78 is 8.68. The second kappa shape index (κ2) is 14.9. The number of hydrogen-bond donors (Lipinski definition) is 1. The van der Waals surface area contributed by atoms with Crippen molar-refractivity contribution >= 4 is 29.2 Å². The van der Waals surface area contributed by atoms with E-state index >= 15 is 0 Å². The first-order valence-electron chi connectivity index (χ1n) is 17.7. The highest BCUT2D eigenvalue weighted by Gasteiger charge is 2.39. The van der Waals surface area contributed by atoms with Gasteiger partial charge in [0.05, 0.1) is 52.7 Å². The average Bonchev–Trinajstić information content (AvgIpc) is 3.66. The van der Waals surface area contributed by atoms with Gasteiger partial charge in [0, 0.05) is 30.4 Å². The first kappa shape index (κ1) is 34.9. The molecule has 10 heteroatoms. The predicted molar refractivity (Wildman–Crippen MR) is 196 cm³/mol. The number of ether oxygens (including phenoxy) is 1. The zero-order chi connectivity index (χ0) is 35.4. The maximum atomic E-state index is 13.4. The van der Waals surface area contributed by atoms with Crippen LogP contribution in [0.4, 0.5) is 16.2 Å². The fraction of sp³-hybridized carbons (Fsp3) is 0.400. The number of urea groups is 1. The molecule has 1 aromatic heterocycles. The van der Waals surface area contributed by atoms with Gasteiger partial charge in [-0.2, -0.15) is 5.10 Å². The first-order chi connectivity index (χ1) is 24.0. The van der Waals surface area contributed by atoms with Gasteiger partial charge < -0.3 is 19.4 Å². The Morgan fingerprint density at radius 2 is 1.82 bits per heavy atom. The topological polar surface area (TPSA) is 96.8 Å². The Hall–Kier alpha value is -4.96. The third-order valence-electron chi connectivity index (χ3n) is 9.70. The molecule has 1 fully saturated rings. The van der Waals surface area contributed by atoms with E-state index in [2.05, 4.69) is 57.5 Å². The SMILES string of the molecule is Cc1cccc(OCCCC(=O)N2CCCc3c(-c4cnn(Cc5cccc(N6C(=O)NC(CCC[N+](C)(C)C)C6=O)c5)c4)cccc32)c1C. The Labute approximate surface area is 295 Å². The number of aromatic nitrogens is 2. The van der Waals surface area contributed by atoms with Crippen molar-refractivity contribution in [2.45, 2.75) is 65.0 Å². The number of nitrogens with one attached hydrogen (secondary N) is 1. The minimum absolute atomic E-state index is 0.115. The van der Waals surface area contributed by atoms with E-state index in [1.165, 1.54) is 10.5 Å². The van der Waals surface area contributed by atoms with Crippen molar-refractivity contribution in [2.24, 2.45) is 0 Å². The van der Waals surface area contributed by atoms with Gasteiger partial charge >= 0.3 is 6.03 Å². The van der Waals surface area contributed by atoms with Crippen LogP contribution in [-0.4, -0.2) is 79.0 Å². The molecule has 1 saturated heterocycles.